The van der Waals surface area contributed by atoms with Gasteiger partial charge in [0.15, 0.2) is 0 Å². The van der Waals surface area contributed by atoms with Gasteiger partial charge in [-0.3, -0.25) is 0 Å². The monoisotopic (exact) mass is 575 g/mol. The molecule has 1 aliphatic rings. The summed E-state index contributed by atoms with van der Waals surface area (Å²) < 4.78 is 50.1. The van der Waals surface area contributed by atoms with Gasteiger partial charge in [-0.25, -0.2) is 0 Å². The lowest BCUT2D eigenvalue weighted by Crippen LogP contribution is -1.99. The van der Waals surface area contributed by atoms with Crippen molar-refractivity contribution in [1.82, 2.24) is 0 Å². The van der Waals surface area contributed by atoms with Crippen LogP contribution in [-0.4, -0.2) is 0 Å². The second kappa shape index (κ2) is 9.29. The summed E-state index contributed by atoms with van der Waals surface area (Å²) in [6.45, 7) is 0. The second-order valence-electron chi connectivity index (χ2n) is 11.6. The molecule has 0 atom stereocenters. The fraction of sp³-hybridized carbons (Fsp3) is 0. The Morgan fingerprint density at radius 1 is 0.422 bits per heavy atom. The maximum absolute atomic E-state index is 9.01. The van der Waals surface area contributed by atoms with Crippen LogP contribution in [0.2, 0.25) is 0 Å². The van der Waals surface area contributed by atoms with Crippen LogP contribution in [0.3, 0.4) is 0 Å². The molecule has 10 rings (SSSR count). The van der Waals surface area contributed by atoms with Gasteiger partial charge in [-0.1, -0.05) is 133 Å². The Balaban J connectivity index is 1.34. The molecule has 0 N–H and O–H groups in total. The van der Waals surface area contributed by atoms with E-state index in [0.717, 1.165) is 87.6 Å². The van der Waals surface area contributed by atoms with Gasteiger partial charge < -0.3 is 4.74 Å². The summed E-state index contributed by atoms with van der Waals surface area (Å²) in [5.41, 5.74) is 5.02. The van der Waals surface area contributed by atoms with Crippen molar-refractivity contribution in [1.29, 1.82) is 0 Å². The van der Waals surface area contributed by atoms with E-state index in [2.05, 4.69) is 78.9 Å². The first-order valence-corrected chi connectivity index (χ1v) is 15.1. The number of fused-ring (bicyclic) bond motifs is 8. The molecule has 9 aromatic carbocycles. The molecule has 9 aromatic rings. The van der Waals surface area contributed by atoms with Gasteiger partial charge in [0.05, 0.1) is 6.85 Å². The van der Waals surface area contributed by atoms with Crippen molar-refractivity contribution in [3.05, 3.63) is 158 Å². The zero-order chi connectivity index (χ0) is 33.8. The summed E-state index contributed by atoms with van der Waals surface area (Å²) in [5.74, 6) is 1.67. The Bertz CT molecular complexity index is 2940. The lowest BCUT2D eigenvalue weighted by atomic mass is 9.84. The summed E-state index contributed by atoms with van der Waals surface area (Å²) in [6, 6.07) is 42.1. The number of rotatable bonds is 2. The van der Waals surface area contributed by atoms with Gasteiger partial charge in [0.1, 0.15) is 11.5 Å². The van der Waals surface area contributed by atoms with Crippen molar-refractivity contribution in [3.63, 3.8) is 0 Å². The van der Waals surface area contributed by atoms with Gasteiger partial charge in [-0.15, -0.1) is 0 Å². The Morgan fingerprint density at radius 3 is 2.00 bits per heavy atom. The maximum atomic E-state index is 9.01. The second-order valence-corrected chi connectivity index (χ2v) is 11.6. The van der Waals surface area contributed by atoms with Gasteiger partial charge in [0.25, 0.3) is 0 Å². The summed E-state index contributed by atoms with van der Waals surface area (Å²) in [4.78, 5) is 0. The third kappa shape index (κ3) is 3.50. The highest BCUT2D eigenvalue weighted by Gasteiger charge is 2.24. The molecule has 0 fully saturated rings. The molecule has 1 heteroatoms. The zero-order valence-electron chi connectivity index (χ0n) is 29.0. The van der Waals surface area contributed by atoms with Crippen LogP contribution in [0.1, 0.15) is 6.85 Å². The van der Waals surface area contributed by atoms with Gasteiger partial charge in [0, 0.05) is 16.3 Å². The molecule has 45 heavy (non-hydrogen) atoms. The highest BCUT2D eigenvalue weighted by Crippen LogP contribution is 2.52. The molecule has 1 nitrogen and oxygen atoms in total. The molecule has 0 amide bonds. The number of hydrogen-bond donors (Lipinski definition) is 0. The maximum Gasteiger partial charge on any atom is 0.143 e. The molecule has 1 heterocycles. The van der Waals surface area contributed by atoms with E-state index in [-0.39, 0.29) is 29.7 Å². The zero-order valence-corrected chi connectivity index (χ0v) is 24.0. The van der Waals surface area contributed by atoms with E-state index < -0.39 is 6.04 Å². The molecule has 0 saturated heterocycles. The van der Waals surface area contributed by atoms with E-state index in [1.54, 1.807) is 0 Å². The van der Waals surface area contributed by atoms with Crippen molar-refractivity contribution in [2.45, 2.75) is 0 Å². The Morgan fingerprint density at radius 2 is 1.13 bits per heavy atom. The first kappa shape index (κ1) is 20.1. The van der Waals surface area contributed by atoms with Crippen LogP contribution in [0, 0.1) is 0 Å². The van der Waals surface area contributed by atoms with Crippen molar-refractivity contribution >= 4 is 53.9 Å². The first-order chi connectivity index (χ1) is 24.4. The SMILES string of the molecule is [2H]c1c([2H])c([2H])c(-c2c3ccccc3cc3c2cc(-c2ccc4c5c(cccc25)-c2ccc5ccccc5c2O4)c2ccccc23)c([2H])c1[2H]. The number of benzene rings is 9. The largest absolute Gasteiger partial charge is 0.455 e. The Hall–Kier alpha value is -5.92. The predicted octanol–water partition coefficient (Wildman–Crippen LogP) is 12.6. The van der Waals surface area contributed by atoms with Crippen molar-refractivity contribution in [2.24, 2.45) is 0 Å². The van der Waals surface area contributed by atoms with Gasteiger partial charge in [-0.05, 0) is 95.2 Å². The van der Waals surface area contributed by atoms with Gasteiger partial charge in [0.2, 0.25) is 0 Å². The molecule has 0 bridgehead atoms. The molecule has 0 aliphatic carbocycles. The minimum absolute atomic E-state index is 0.202. The topological polar surface area (TPSA) is 9.23 Å². The van der Waals surface area contributed by atoms with Crippen LogP contribution >= 0.6 is 0 Å². The van der Waals surface area contributed by atoms with Crippen LogP contribution in [0.4, 0.5) is 0 Å². The fourth-order valence-electron chi connectivity index (χ4n) is 7.37. The molecule has 208 valence electrons. The van der Waals surface area contributed by atoms with E-state index in [1.165, 1.54) is 0 Å². The Kier molecular flexibility index (Phi) is 4.15. The van der Waals surface area contributed by atoms with E-state index in [4.69, 9.17) is 11.6 Å². The van der Waals surface area contributed by atoms with Crippen LogP contribution in [0.15, 0.2) is 158 Å². The van der Waals surface area contributed by atoms with E-state index in [1.807, 2.05) is 48.5 Å². The quantitative estimate of drug-likeness (QED) is 0.147. The minimum Gasteiger partial charge on any atom is -0.455 e. The molecule has 1 aliphatic heterocycles. The van der Waals surface area contributed by atoms with E-state index in [0.29, 0.717) is 5.56 Å². The molecular formula is C44H26O. The van der Waals surface area contributed by atoms with Crippen molar-refractivity contribution in [3.8, 4) is 44.9 Å². The summed E-state index contributed by atoms with van der Waals surface area (Å²) in [6.07, 6.45) is 0. The summed E-state index contributed by atoms with van der Waals surface area (Å²) in [5, 5.41) is 9.92. The standard InChI is InChI=1S/C44H26O/c1-2-12-28(13-3-1)42-30-15-6-5-14-29(30)25-38-32-17-8-9-18-33(32)39(26-40(38)42)34-23-24-41-43-35(34)19-10-20-36(43)37-22-21-27-11-4-7-16-31(27)44(37)45-41/h1-26H/i1D,2D,3D,12D,13D. The van der Waals surface area contributed by atoms with Crippen LogP contribution < -0.4 is 4.74 Å². The third-order valence-electron chi connectivity index (χ3n) is 9.31. The minimum atomic E-state index is -0.403. The molecular weight excluding hydrogens is 544 g/mol. The average molecular weight is 576 g/mol. The van der Waals surface area contributed by atoms with Crippen LogP contribution in [0.25, 0.3) is 87.2 Å². The normalized spacial score (nSPS) is 13.7. The molecule has 0 aromatic heterocycles. The molecule has 0 spiro atoms. The average Bonchev–Trinajstić information content (AvgIpc) is 3.16. The lowest BCUT2D eigenvalue weighted by Gasteiger charge is -2.24. The smallest absolute Gasteiger partial charge is 0.143 e. The molecule has 0 saturated carbocycles. The lowest BCUT2D eigenvalue weighted by molar-refractivity contribution is 0.493. The number of ether oxygens (including phenoxy) is 1. The third-order valence-corrected chi connectivity index (χ3v) is 9.31. The van der Waals surface area contributed by atoms with E-state index in [9.17, 15) is 0 Å². The number of hydrogen-bond acceptors (Lipinski definition) is 1. The Labute approximate surface area is 267 Å². The predicted molar refractivity (Wildman–Crippen MR) is 190 cm³/mol. The van der Waals surface area contributed by atoms with Crippen molar-refractivity contribution < 1.29 is 11.6 Å². The first-order valence-electron chi connectivity index (χ1n) is 17.6. The van der Waals surface area contributed by atoms with Crippen molar-refractivity contribution in [2.75, 3.05) is 0 Å². The van der Waals surface area contributed by atoms with Gasteiger partial charge in [-0.2, -0.15) is 0 Å². The van der Waals surface area contributed by atoms with E-state index >= 15 is 0 Å². The molecule has 0 radical (unpaired) electrons. The fourth-order valence-corrected chi connectivity index (χ4v) is 7.37. The molecule has 0 unspecified atom stereocenters. The highest BCUT2D eigenvalue weighted by molar-refractivity contribution is 6.24. The van der Waals surface area contributed by atoms with Gasteiger partial charge >= 0.3 is 0 Å². The summed E-state index contributed by atoms with van der Waals surface area (Å²) >= 11 is 0. The summed E-state index contributed by atoms with van der Waals surface area (Å²) in [7, 11) is 0. The highest BCUT2D eigenvalue weighted by atomic mass is 16.5. The van der Waals surface area contributed by atoms with Crippen LogP contribution in [0.5, 0.6) is 11.5 Å². The van der Waals surface area contributed by atoms with Crippen LogP contribution in [-0.2, 0) is 0 Å².